The van der Waals surface area contributed by atoms with Crippen LogP contribution < -0.4 is 5.32 Å². The van der Waals surface area contributed by atoms with E-state index in [9.17, 15) is 5.26 Å². The van der Waals surface area contributed by atoms with Crippen LogP contribution >= 0.6 is 0 Å². The van der Waals surface area contributed by atoms with Gasteiger partial charge in [-0.25, -0.2) is 0 Å². The van der Waals surface area contributed by atoms with Crippen molar-refractivity contribution in [2.24, 2.45) is 5.92 Å². The van der Waals surface area contributed by atoms with Crippen molar-refractivity contribution in [3.05, 3.63) is 0 Å². The van der Waals surface area contributed by atoms with E-state index in [1.807, 2.05) is 0 Å². The molecule has 2 atom stereocenters. The summed E-state index contributed by atoms with van der Waals surface area (Å²) in [6.45, 7) is 5.33. The fraction of sp³-hybridized carbons (Fsp3) is 0.923. The van der Waals surface area contributed by atoms with Gasteiger partial charge in [-0.05, 0) is 59.7 Å². The zero-order chi connectivity index (χ0) is 12.2. The van der Waals surface area contributed by atoms with Crippen molar-refractivity contribution in [2.75, 3.05) is 20.6 Å². The summed E-state index contributed by atoms with van der Waals surface area (Å²) in [5.41, 5.74) is -0.260. The van der Waals surface area contributed by atoms with Crippen LogP contribution in [-0.2, 0) is 0 Å². The molecule has 0 heterocycles. The van der Waals surface area contributed by atoms with E-state index in [1.165, 1.54) is 12.8 Å². The van der Waals surface area contributed by atoms with E-state index in [4.69, 9.17) is 0 Å². The van der Waals surface area contributed by atoms with Gasteiger partial charge < -0.3 is 4.90 Å². The predicted octanol–water partition coefficient (Wildman–Crippen LogP) is 2.00. The summed E-state index contributed by atoms with van der Waals surface area (Å²) in [5.74, 6) is 0.516. The maximum Gasteiger partial charge on any atom is 0.109 e. The zero-order valence-corrected chi connectivity index (χ0v) is 11.1. The standard InChI is InChI=1S/C13H25N3/c1-11(2)15-13(10-14)8-5-6-12(13)7-9-16(3)4/h11-12,15H,5-9H2,1-4H3. The molecular weight excluding hydrogens is 198 g/mol. The average molecular weight is 223 g/mol. The summed E-state index contributed by atoms with van der Waals surface area (Å²) >= 11 is 0. The lowest BCUT2D eigenvalue weighted by Gasteiger charge is -2.32. The molecule has 0 spiro atoms. The second-order valence-corrected chi connectivity index (χ2v) is 5.56. The molecule has 0 aromatic heterocycles. The molecule has 0 aromatic rings. The SMILES string of the molecule is CC(C)NC1(C#N)CCCC1CCN(C)C. The van der Waals surface area contributed by atoms with Gasteiger partial charge in [0.05, 0.1) is 6.07 Å². The third kappa shape index (κ3) is 3.20. The molecule has 1 N–H and O–H groups in total. The van der Waals surface area contributed by atoms with E-state index in [1.54, 1.807) is 0 Å². The summed E-state index contributed by atoms with van der Waals surface area (Å²) in [5, 5.41) is 13.0. The second kappa shape index (κ2) is 5.65. The highest BCUT2D eigenvalue weighted by molar-refractivity contribution is 5.14. The summed E-state index contributed by atoms with van der Waals surface area (Å²) in [4.78, 5) is 2.20. The Morgan fingerprint density at radius 1 is 1.50 bits per heavy atom. The first kappa shape index (κ1) is 13.5. The van der Waals surface area contributed by atoms with E-state index in [-0.39, 0.29) is 5.54 Å². The molecule has 3 heteroatoms. The van der Waals surface area contributed by atoms with E-state index in [0.717, 1.165) is 19.4 Å². The maximum atomic E-state index is 9.47. The van der Waals surface area contributed by atoms with Crippen molar-refractivity contribution in [1.29, 1.82) is 5.26 Å². The fourth-order valence-electron chi connectivity index (χ4n) is 2.77. The quantitative estimate of drug-likeness (QED) is 0.775. The van der Waals surface area contributed by atoms with Gasteiger partial charge in [-0.1, -0.05) is 6.42 Å². The van der Waals surface area contributed by atoms with Crippen LogP contribution in [0.4, 0.5) is 0 Å². The van der Waals surface area contributed by atoms with Crippen molar-refractivity contribution in [3.8, 4) is 6.07 Å². The number of nitrogens with one attached hydrogen (secondary N) is 1. The Bertz CT molecular complexity index is 254. The average Bonchev–Trinajstić information content (AvgIpc) is 2.57. The summed E-state index contributed by atoms with van der Waals surface area (Å²) in [6, 6.07) is 2.94. The molecule has 0 aliphatic heterocycles. The summed E-state index contributed by atoms with van der Waals surface area (Å²) in [6.07, 6.45) is 4.52. The largest absolute Gasteiger partial charge is 0.309 e. The molecule has 92 valence electrons. The molecule has 1 aliphatic rings. The Morgan fingerprint density at radius 3 is 2.69 bits per heavy atom. The zero-order valence-electron chi connectivity index (χ0n) is 11.1. The number of nitriles is 1. The minimum Gasteiger partial charge on any atom is -0.309 e. The van der Waals surface area contributed by atoms with Crippen molar-refractivity contribution in [1.82, 2.24) is 10.2 Å². The summed E-state index contributed by atoms with van der Waals surface area (Å²) < 4.78 is 0. The van der Waals surface area contributed by atoms with Gasteiger partial charge in [0.15, 0.2) is 0 Å². The lowest BCUT2D eigenvalue weighted by Crippen LogP contribution is -2.50. The van der Waals surface area contributed by atoms with Crippen molar-refractivity contribution in [2.45, 2.75) is 51.1 Å². The number of hydrogen-bond acceptors (Lipinski definition) is 3. The second-order valence-electron chi connectivity index (χ2n) is 5.56. The van der Waals surface area contributed by atoms with E-state index in [2.05, 4.69) is 44.2 Å². The number of hydrogen-bond donors (Lipinski definition) is 1. The molecule has 1 fully saturated rings. The Kier molecular flexibility index (Phi) is 4.76. The van der Waals surface area contributed by atoms with E-state index >= 15 is 0 Å². The monoisotopic (exact) mass is 223 g/mol. The molecule has 1 rings (SSSR count). The van der Waals surface area contributed by atoms with Gasteiger partial charge in [0.2, 0.25) is 0 Å². The molecule has 0 saturated heterocycles. The van der Waals surface area contributed by atoms with Gasteiger partial charge in [-0.3, -0.25) is 5.32 Å². The minimum atomic E-state index is -0.260. The van der Waals surface area contributed by atoms with Crippen LogP contribution in [0, 0.1) is 17.2 Å². The third-order valence-electron chi connectivity index (χ3n) is 3.49. The van der Waals surface area contributed by atoms with Crippen LogP contribution in [0.3, 0.4) is 0 Å². The molecule has 2 unspecified atom stereocenters. The summed E-state index contributed by atoms with van der Waals surface area (Å²) in [7, 11) is 4.19. The molecule has 0 aromatic carbocycles. The van der Waals surface area contributed by atoms with Crippen LogP contribution in [0.15, 0.2) is 0 Å². The lowest BCUT2D eigenvalue weighted by atomic mass is 9.85. The molecule has 0 amide bonds. The molecule has 3 nitrogen and oxygen atoms in total. The maximum absolute atomic E-state index is 9.47. The first-order valence-electron chi connectivity index (χ1n) is 6.34. The molecule has 1 aliphatic carbocycles. The van der Waals surface area contributed by atoms with Crippen molar-refractivity contribution < 1.29 is 0 Å². The molecular formula is C13H25N3. The fourth-order valence-corrected chi connectivity index (χ4v) is 2.77. The van der Waals surface area contributed by atoms with Crippen LogP contribution in [0.5, 0.6) is 0 Å². The van der Waals surface area contributed by atoms with Gasteiger partial charge in [-0.2, -0.15) is 5.26 Å². The Hall–Kier alpha value is -0.590. The highest BCUT2D eigenvalue weighted by Gasteiger charge is 2.42. The first-order chi connectivity index (χ1) is 7.50. The highest BCUT2D eigenvalue weighted by atomic mass is 15.1. The first-order valence-corrected chi connectivity index (χ1v) is 6.34. The molecule has 1 saturated carbocycles. The van der Waals surface area contributed by atoms with E-state index < -0.39 is 0 Å². The third-order valence-corrected chi connectivity index (χ3v) is 3.49. The van der Waals surface area contributed by atoms with Gasteiger partial charge in [0, 0.05) is 6.04 Å². The van der Waals surface area contributed by atoms with E-state index in [0.29, 0.717) is 12.0 Å². The van der Waals surface area contributed by atoms with Gasteiger partial charge in [-0.15, -0.1) is 0 Å². The molecule has 16 heavy (non-hydrogen) atoms. The Balaban J connectivity index is 2.64. The van der Waals surface area contributed by atoms with Gasteiger partial charge in [0.25, 0.3) is 0 Å². The van der Waals surface area contributed by atoms with Crippen molar-refractivity contribution >= 4 is 0 Å². The molecule has 0 bridgehead atoms. The predicted molar refractivity (Wildman–Crippen MR) is 67.1 cm³/mol. The minimum absolute atomic E-state index is 0.260. The van der Waals surface area contributed by atoms with Gasteiger partial charge >= 0.3 is 0 Å². The smallest absolute Gasteiger partial charge is 0.109 e. The topological polar surface area (TPSA) is 39.1 Å². The highest BCUT2D eigenvalue weighted by Crippen LogP contribution is 2.37. The number of nitrogens with zero attached hydrogens (tertiary/aromatic N) is 2. The van der Waals surface area contributed by atoms with Crippen LogP contribution in [0.2, 0.25) is 0 Å². The van der Waals surface area contributed by atoms with Crippen LogP contribution in [-0.4, -0.2) is 37.1 Å². The Morgan fingerprint density at radius 2 is 2.19 bits per heavy atom. The lowest BCUT2D eigenvalue weighted by molar-refractivity contribution is 0.255. The van der Waals surface area contributed by atoms with Crippen LogP contribution in [0.25, 0.3) is 0 Å². The number of rotatable bonds is 5. The molecule has 0 radical (unpaired) electrons. The normalized spacial score (nSPS) is 29.9. The van der Waals surface area contributed by atoms with Crippen LogP contribution in [0.1, 0.15) is 39.5 Å². The Labute approximate surface area is 99.8 Å². The van der Waals surface area contributed by atoms with Gasteiger partial charge in [0.1, 0.15) is 5.54 Å². The van der Waals surface area contributed by atoms with Crippen molar-refractivity contribution in [3.63, 3.8) is 0 Å².